The zero-order chi connectivity index (χ0) is 13.2. The SMILES string of the molecule is CC(C)(C)P(CCCS(=O)(=O)[O-])C(C)(C)C. The maximum absolute atomic E-state index is 10.6. The molecule has 0 amide bonds. The van der Waals surface area contributed by atoms with Crippen LogP contribution in [0.15, 0.2) is 0 Å². The molecule has 5 heteroatoms. The molecule has 0 rings (SSSR count). The topological polar surface area (TPSA) is 57.2 Å². The van der Waals surface area contributed by atoms with Gasteiger partial charge in [-0.3, -0.25) is 0 Å². The lowest BCUT2D eigenvalue weighted by molar-refractivity contribution is 0.462. The van der Waals surface area contributed by atoms with Crippen molar-refractivity contribution in [3.63, 3.8) is 0 Å². The van der Waals surface area contributed by atoms with Crippen LogP contribution in [0.3, 0.4) is 0 Å². The number of rotatable bonds is 4. The second kappa shape index (κ2) is 5.32. The molecule has 0 N–H and O–H groups in total. The van der Waals surface area contributed by atoms with Crippen LogP contribution in [0.2, 0.25) is 0 Å². The minimum absolute atomic E-state index is 0.195. The van der Waals surface area contributed by atoms with Crippen LogP contribution in [0.25, 0.3) is 0 Å². The van der Waals surface area contributed by atoms with Gasteiger partial charge < -0.3 is 4.55 Å². The van der Waals surface area contributed by atoms with Crippen molar-refractivity contribution in [3.8, 4) is 0 Å². The highest BCUT2D eigenvalue weighted by atomic mass is 32.2. The third-order valence-corrected chi connectivity index (χ3v) is 7.19. The van der Waals surface area contributed by atoms with E-state index < -0.39 is 10.1 Å². The third kappa shape index (κ3) is 6.82. The minimum Gasteiger partial charge on any atom is -0.748 e. The first kappa shape index (κ1) is 16.3. The van der Waals surface area contributed by atoms with Gasteiger partial charge in [-0.05, 0) is 22.9 Å². The van der Waals surface area contributed by atoms with Crippen molar-refractivity contribution in [2.75, 3.05) is 11.9 Å². The van der Waals surface area contributed by atoms with Crippen molar-refractivity contribution in [1.82, 2.24) is 0 Å². The molecule has 0 unspecified atom stereocenters. The molecular formula is C11H24O3PS-. The Morgan fingerprint density at radius 1 is 1.00 bits per heavy atom. The highest BCUT2D eigenvalue weighted by Gasteiger charge is 2.33. The molecule has 0 aromatic heterocycles. The molecule has 0 aromatic rings. The Morgan fingerprint density at radius 3 is 1.62 bits per heavy atom. The molecule has 0 atom stereocenters. The number of hydrogen-bond acceptors (Lipinski definition) is 3. The first-order valence-corrected chi connectivity index (χ1v) is 8.66. The lowest BCUT2D eigenvalue weighted by Crippen LogP contribution is -2.27. The molecule has 0 aromatic carbocycles. The quantitative estimate of drug-likeness (QED) is 0.581. The fourth-order valence-electron chi connectivity index (χ4n) is 2.08. The van der Waals surface area contributed by atoms with Gasteiger partial charge in [0.25, 0.3) is 0 Å². The molecule has 0 heterocycles. The van der Waals surface area contributed by atoms with Crippen molar-refractivity contribution >= 4 is 18.0 Å². The Morgan fingerprint density at radius 2 is 1.38 bits per heavy atom. The summed E-state index contributed by atoms with van der Waals surface area (Å²) in [6, 6.07) is 0. The van der Waals surface area contributed by atoms with Gasteiger partial charge in [0.15, 0.2) is 0 Å². The molecule has 0 saturated heterocycles. The van der Waals surface area contributed by atoms with Gasteiger partial charge in [-0.25, -0.2) is 8.42 Å². The first-order chi connectivity index (χ1) is 6.84. The molecule has 16 heavy (non-hydrogen) atoms. The van der Waals surface area contributed by atoms with Gasteiger partial charge in [-0.1, -0.05) is 49.5 Å². The highest BCUT2D eigenvalue weighted by Crippen LogP contribution is 2.59. The average Bonchev–Trinajstić information content (AvgIpc) is 1.90. The van der Waals surface area contributed by atoms with Gasteiger partial charge >= 0.3 is 0 Å². The fraction of sp³-hybridized carbons (Fsp3) is 1.00. The van der Waals surface area contributed by atoms with Crippen LogP contribution in [-0.2, 0) is 10.1 Å². The Balaban J connectivity index is 4.49. The van der Waals surface area contributed by atoms with Gasteiger partial charge in [-0.2, -0.15) is 0 Å². The van der Waals surface area contributed by atoms with E-state index in [4.69, 9.17) is 0 Å². The van der Waals surface area contributed by atoms with Crippen LogP contribution in [0.4, 0.5) is 0 Å². The van der Waals surface area contributed by atoms with Crippen LogP contribution in [-0.4, -0.2) is 35.2 Å². The van der Waals surface area contributed by atoms with E-state index in [9.17, 15) is 13.0 Å². The summed E-state index contributed by atoms with van der Waals surface area (Å²) in [6.45, 7) is 13.1. The van der Waals surface area contributed by atoms with E-state index in [2.05, 4.69) is 41.5 Å². The van der Waals surface area contributed by atoms with E-state index in [-0.39, 0.29) is 24.0 Å². The smallest absolute Gasteiger partial charge is 0.0946 e. The van der Waals surface area contributed by atoms with Crippen molar-refractivity contribution < 1.29 is 13.0 Å². The van der Waals surface area contributed by atoms with Crippen LogP contribution in [0, 0.1) is 0 Å². The van der Waals surface area contributed by atoms with E-state index in [1.54, 1.807) is 0 Å². The summed E-state index contributed by atoms with van der Waals surface area (Å²) in [6.07, 6.45) is 1.34. The van der Waals surface area contributed by atoms with E-state index in [0.717, 1.165) is 6.16 Å². The van der Waals surface area contributed by atoms with Crippen LogP contribution in [0.5, 0.6) is 0 Å². The largest absolute Gasteiger partial charge is 0.748 e. The predicted molar refractivity (Wildman–Crippen MR) is 70.5 cm³/mol. The molecule has 98 valence electrons. The lowest BCUT2D eigenvalue weighted by Gasteiger charge is -2.41. The fourth-order valence-corrected chi connectivity index (χ4v) is 6.62. The molecule has 0 fully saturated rings. The van der Waals surface area contributed by atoms with Crippen LogP contribution in [0.1, 0.15) is 48.0 Å². The monoisotopic (exact) mass is 267 g/mol. The van der Waals surface area contributed by atoms with Gasteiger partial charge in [0, 0.05) is 5.75 Å². The zero-order valence-corrected chi connectivity index (χ0v) is 12.9. The molecule has 0 radical (unpaired) electrons. The van der Waals surface area contributed by atoms with Crippen molar-refractivity contribution in [2.24, 2.45) is 0 Å². The summed E-state index contributed by atoms with van der Waals surface area (Å²) in [5.74, 6) is -0.224. The van der Waals surface area contributed by atoms with E-state index in [1.165, 1.54) is 0 Å². The second-order valence-corrected chi connectivity index (χ2v) is 11.6. The molecule has 0 aliphatic rings. The summed E-state index contributed by atoms with van der Waals surface area (Å²) in [5, 5.41) is 0.389. The normalized spacial score (nSPS) is 14.5. The van der Waals surface area contributed by atoms with E-state index in [1.807, 2.05) is 0 Å². The Hall–Kier alpha value is 0.340. The Labute approximate surface area is 102 Å². The Bertz CT molecular complexity index is 295. The van der Waals surface area contributed by atoms with Gasteiger partial charge in [0.1, 0.15) is 0 Å². The van der Waals surface area contributed by atoms with Gasteiger partial charge in [-0.15, -0.1) is 0 Å². The lowest BCUT2D eigenvalue weighted by atomic mass is 10.2. The number of hydrogen-bond donors (Lipinski definition) is 0. The summed E-state index contributed by atoms with van der Waals surface area (Å²) in [5.41, 5.74) is 0. The minimum atomic E-state index is -4.05. The van der Waals surface area contributed by atoms with Gasteiger partial charge in [0.2, 0.25) is 0 Å². The predicted octanol–water partition coefficient (Wildman–Crippen LogP) is 3.00. The zero-order valence-electron chi connectivity index (χ0n) is 11.2. The maximum atomic E-state index is 10.6. The van der Waals surface area contributed by atoms with Crippen LogP contribution < -0.4 is 0 Å². The van der Waals surface area contributed by atoms with Crippen molar-refractivity contribution in [1.29, 1.82) is 0 Å². The Kier molecular flexibility index (Phi) is 5.44. The summed E-state index contributed by atoms with van der Waals surface area (Å²) in [4.78, 5) is 0. The summed E-state index contributed by atoms with van der Waals surface area (Å²) >= 11 is 0. The molecule has 0 aliphatic carbocycles. The van der Waals surface area contributed by atoms with Crippen LogP contribution >= 0.6 is 7.92 Å². The molecule has 0 spiro atoms. The molecule has 3 nitrogen and oxygen atoms in total. The van der Waals surface area contributed by atoms with Crippen molar-refractivity contribution in [3.05, 3.63) is 0 Å². The van der Waals surface area contributed by atoms with Crippen molar-refractivity contribution in [2.45, 2.75) is 58.3 Å². The molecule has 0 saturated carbocycles. The van der Waals surface area contributed by atoms with E-state index in [0.29, 0.717) is 6.42 Å². The second-order valence-electron chi connectivity index (χ2n) is 6.11. The molecule has 0 bridgehead atoms. The maximum Gasteiger partial charge on any atom is 0.0946 e. The van der Waals surface area contributed by atoms with Gasteiger partial charge in [0.05, 0.1) is 10.1 Å². The molecule has 0 aliphatic heterocycles. The first-order valence-electron chi connectivity index (χ1n) is 5.55. The summed E-state index contributed by atoms with van der Waals surface area (Å²) < 4.78 is 31.7. The highest BCUT2D eigenvalue weighted by molar-refractivity contribution is 7.85. The standard InChI is InChI=1S/C11H25O3PS/c1-10(2,3)15(11(4,5)6)8-7-9-16(12,13)14/h7-9H2,1-6H3,(H,12,13,14)/p-1. The average molecular weight is 267 g/mol. The van der Waals surface area contributed by atoms with E-state index >= 15 is 0 Å². The third-order valence-electron chi connectivity index (χ3n) is 2.40. The summed E-state index contributed by atoms with van der Waals surface area (Å²) in [7, 11) is -4.35. The molecular weight excluding hydrogens is 243 g/mol.